The maximum Gasteiger partial charge on any atom is 0.141 e. The van der Waals surface area contributed by atoms with Gasteiger partial charge in [-0.05, 0) is 25.1 Å². The van der Waals surface area contributed by atoms with Gasteiger partial charge in [-0.15, -0.1) is 0 Å². The number of halogens is 2. The number of aliphatic hydroxyl groups excluding tert-OH is 1. The van der Waals surface area contributed by atoms with Crippen LogP contribution in [0.3, 0.4) is 0 Å². The first-order chi connectivity index (χ1) is 9.58. The minimum absolute atomic E-state index is 0.169. The molecule has 1 aromatic heterocycles. The Morgan fingerprint density at radius 1 is 1.20 bits per heavy atom. The van der Waals surface area contributed by atoms with Gasteiger partial charge in [0.25, 0.3) is 0 Å². The van der Waals surface area contributed by atoms with Gasteiger partial charge in [0.1, 0.15) is 11.6 Å². The van der Waals surface area contributed by atoms with Crippen LogP contribution in [0.2, 0.25) is 0 Å². The zero-order valence-electron chi connectivity index (χ0n) is 11.1. The van der Waals surface area contributed by atoms with E-state index in [1.165, 1.54) is 12.1 Å². The van der Waals surface area contributed by atoms with Crippen molar-refractivity contribution >= 4 is 0 Å². The summed E-state index contributed by atoms with van der Waals surface area (Å²) in [5.41, 5.74) is 0.909. The SMILES string of the molecule is CC(NCC(O)c1ccccc1F)c1ccc(F)cn1. The molecule has 3 nitrogen and oxygen atoms in total. The van der Waals surface area contributed by atoms with Crippen LogP contribution in [-0.4, -0.2) is 16.6 Å². The third kappa shape index (κ3) is 3.59. The van der Waals surface area contributed by atoms with Crippen molar-refractivity contribution in [3.05, 3.63) is 65.5 Å². The summed E-state index contributed by atoms with van der Waals surface area (Å²) in [6.07, 6.45) is 0.194. The molecule has 0 aliphatic heterocycles. The Kier molecular flexibility index (Phi) is 4.76. The Balaban J connectivity index is 1.95. The van der Waals surface area contributed by atoms with Crippen LogP contribution in [0.1, 0.15) is 30.3 Å². The van der Waals surface area contributed by atoms with Gasteiger partial charge in [0.05, 0.1) is 18.0 Å². The molecule has 2 unspecified atom stereocenters. The van der Waals surface area contributed by atoms with Crippen LogP contribution < -0.4 is 5.32 Å². The second-order valence-electron chi connectivity index (χ2n) is 4.57. The van der Waals surface area contributed by atoms with E-state index in [-0.39, 0.29) is 18.2 Å². The molecule has 0 aliphatic rings. The molecule has 20 heavy (non-hydrogen) atoms. The van der Waals surface area contributed by atoms with E-state index >= 15 is 0 Å². The summed E-state index contributed by atoms with van der Waals surface area (Å²) in [4.78, 5) is 3.95. The van der Waals surface area contributed by atoms with Crippen molar-refractivity contribution in [2.75, 3.05) is 6.54 Å². The number of aliphatic hydroxyl groups is 1. The van der Waals surface area contributed by atoms with Gasteiger partial charge in [0.2, 0.25) is 0 Å². The van der Waals surface area contributed by atoms with Crippen molar-refractivity contribution in [2.45, 2.75) is 19.1 Å². The molecule has 2 aromatic rings. The first kappa shape index (κ1) is 14.6. The number of pyridine rings is 1. The van der Waals surface area contributed by atoms with Crippen LogP contribution in [-0.2, 0) is 0 Å². The number of benzene rings is 1. The third-order valence-corrected chi connectivity index (χ3v) is 3.08. The van der Waals surface area contributed by atoms with E-state index in [0.29, 0.717) is 5.69 Å². The lowest BCUT2D eigenvalue weighted by Crippen LogP contribution is -2.25. The van der Waals surface area contributed by atoms with Crippen molar-refractivity contribution in [3.8, 4) is 0 Å². The highest BCUT2D eigenvalue weighted by atomic mass is 19.1. The number of aromatic nitrogens is 1. The van der Waals surface area contributed by atoms with Crippen LogP contribution in [0, 0.1) is 11.6 Å². The van der Waals surface area contributed by atoms with Crippen LogP contribution in [0.15, 0.2) is 42.6 Å². The lowest BCUT2D eigenvalue weighted by atomic mass is 10.1. The monoisotopic (exact) mass is 278 g/mol. The maximum absolute atomic E-state index is 13.5. The molecule has 0 fully saturated rings. The second kappa shape index (κ2) is 6.54. The molecular formula is C15H16F2N2O. The molecule has 5 heteroatoms. The molecule has 2 rings (SSSR count). The van der Waals surface area contributed by atoms with Crippen LogP contribution in [0.4, 0.5) is 8.78 Å². The molecule has 0 bridgehead atoms. The number of nitrogens with one attached hydrogen (secondary N) is 1. The topological polar surface area (TPSA) is 45.1 Å². The molecular weight excluding hydrogens is 262 g/mol. The fourth-order valence-corrected chi connectivity index (χ4v) is 1.89. The van der Waals surface area contributed by atoms with Gasteiger partial charge >= 0.3 is 0 Å². The largest absolute Gasteiger partial charge is 0.387 e. The average Bonchev–Trinajstić information content (AvgIpc) is 2.45. The Morgan fingerprint density at radius 3 is 2.60 bits per heavy atom. The fourth-order valence-electron chi connectivity index (χ4n) is 1.89. The maximum atomic E-state index is 13.5. The summed E-state index contributed by atoms with van der Waals surface area (Å²) < 4.78 is 26.3. The molecule has 2 atom stereocenters. The molecule has 1 heterocycles. The van der Waals surface area contributed by atoms with Gasteiger partial charge in [-0.3, -0.25) is 4.98 Å². The molecule has 2 N–H and O–H groups in total. The summed E-state index contributed by atoms with van der Waals surface area (Å²) in [7, 11) is 0. The Hall–Kier alpha value is -1.85. The summed E-state index contributed by atoms with van der Waals surface area (Å²) >= 11 is 0. The van der Waals surface area contributed by atoms with Crippen molar-refractivity contribution in [2.24, 2.45) is 0 Å². The molecule has 1 aromatic carbocycles. The fraction of sp³-hybridized carbons (Fsp3) is 0.267. The lowest BCUT2D eigenvalue weighted by molar-refractivity contribution is 0.166. The van der Waals surface area contributed by atoms with E-state index < -0.39 is 17.7 Å². The van der Waals surface area contributed by atoms with E-state index in [1.54, 1.807) is 24.3 Å². The molecule has 0 saturated carbocycles. The summed E-state index contributed by atoms with van der Waals surface area (Å²) in [5.74, 6) is -0.832. The smallest absolute Gasteiger partial charge is 0.141 e. The first-order valence-corrected chi connectivity index (χ1v) is 6.35. The molecule has 0 saturated heterocycles. The Morgan fingerprint density at radius 2 is 1.95 bits per heavy atom. The number of hydrogen-bond acceptors (Lipinski definition) is 3. The number of rotatable bonds is 5. The van der Waals surface area contributed by atoms with Crippen molar-refractivity contribution < 1.29 is 13.9 Å². The van der Waals surface area contributed by atoms with E-state index in [4.69, 9.17) is 0 Å². The molecule has 0 amide bonds. The lowest BCUT2D eigenvalue weighted by Gasteiger charge is -2.17. The van der Waals surface area contributed by atoms with E-state index in [0.717, 1.165) is 6.20 Å². The number of nitrogens with zero attached hydrogens (tertiary/aromatic N) is 1. The van der Waals surface area contributed by atoms with Gasteiger partial charge in [-0.2, -0.15) is 0 Å². The zero-order valence-corrected chi connectivity index (χ0v) is 11.1. The highest BCUT2D eigenvalue weighted by Crippen LogP contribution is 2.17. The molecule has 106 valence electrons. The standard InChI is InChI=1S/C15H16F2N2O/c1-10(14-7-6-11(16)8-19-14)18-9-15(20)12-4-2-3-5-13(12)17/h2-8,10,15,18,20H,9H2,1H3. The van der Waals surface area contributed by atoms with Crippen LogP contribution in [0.25, 0.3) is 0 Å². The van der Waals surface area contributed by atoms with Gasteiger partial charge in [0, 0.05) is 18.2 Å². The van der Waals surface area contributed by atoms with Gasteiger partial charge in [-0.25, -0.2) is 8.78 Å². The molecule has 0 radical (unpaired) electrons. The predicted molar refractivity (Wildman–Crippen MR) is 72.0 cm³/mol. The van der Waals surface area contributed by atoms with Gasteiger partial charge in [-0.1, -0.05) is 18.2 Å². The van der Waals surface area contributed by atoms with Crippen molar-refractivity contribution in [1.29, 1.82) is 0 Å². The predicted octanol–water partition coefficient (Wildman–Crippen LogP) is 2.74. The van der Waals surface area contributed by atoms with E-state index in [9.17, 15) is 13.9 Å². The normalized spacial score (nSPS) is 14.0. The summed E-state index contributed by atoms with van der Waals surface area (Å²) in [6, 6.07) is 8.83. The Bertz CT molecular complexity index is 560. The van der Waals surface area contributed by atoms with Crippen LogP contribution >= 0.6 is 0 Å². The number of hydrogen-bond donors (Lipinski definition) is 2. The van der Waals surface area contributed by atoms with E-state index in [1.807, 2.05) is 6.92 Å². The minimum Gasteiger partial charge on any atom is -0.387 e. The minimum atomic E-state index is -0.945. The quantitative estimate of drug-likeness (QED) is 0.884. The van der Waals surface area contributed by atoms with Crippen molar-refractivity contribution in [1.82, 2.24) is 10.3 Å². The average molecular weight is 278 g/mol. The van der Waals surface area contributed by atoms with Crippen LogP contribution in [0.5, 0.6) is 0 Å². The summed E-state index contributed by atoms with van der Waals surface area (Å²) in [5, 5.41) is 13.0. The molecule has 0 spiro atoms. The zero-order chi connectivity index (χ0) is 14.5. The third-order valence-electron chi connectivity index (χ3n) is 3.08. The second-order valence-corrected chi connectivity index (χ2v) is 4.57. The first-order valence-electron chi connectivity index (χ1n) is 6.35. The van der Waals surface area contributed by atoms with Crippen molar-refractivity contribution in [3.63, 3.8) is 0 Å². The van der Waals surface area contributed by atoms with Gasteiger partial charge < -0.3 is 10.4 Å². The highest BCUT2D eigenvalue weighted by molar-refractivity contribution is 5.20. The highest BCUT2D eigenvalue weighted by Gasteiger charge is 2.14. The Labute approximate surface area is 116 Å². The summed E-state index contributed by atoms with van der Waals surface area (Å²) in [6.45, 7) is 2.02. The molecule has 0 aliphatic carbocycles. The van der Waals surface area contributed by atoms with E-state index in [2.05, 4.69) is 10.3 Å². The van der Waals surface area contributed by atoms with Gasteiger partial charge in [0.15, 0.2) is 0 Å².